The maximum absolute atomic E-state index is 13.1. The van der Waals surface area contributed by atoms with Crippen molar-refractivity contribution < 1.29 is 70.3 Å². The van der Waals surface area contributed by atoms with Crippen molar-refractivity contribution in [2.24, 2.45) is 10.2 Å². The van der Waals surface area contributed by atoms with Crippen LogP contribution in [0.25, 0.3) is 21.5 Å². The molecule has 0 saturated carbocycles. The molecule has 5 aromatic carbocycles. The molecule has 0 bridgehead atoms. The maximum Gasteiger partial charge on any atom is 0.330 e. The molecule has 1 unspecified atom stereocenters. The van der Waals surface area contributed by atoms with E-state index in [1.54, 1.807) is 18.2 Å². The number of hydrogen-bond donors (Lipinski definition) is 6. The Balaban J connectivity index is 0.00000605. The van der Waals surface area contributed by atoms with E-state index in [1.165, 1.54) is 54.6 Å². The van der Waals surface area contributed by atoms with Crippen LogP contribution in [0, 0.1) is 0 Å². The van der Waals surface area contributed by atoms with Gasteiger partial charge in [0.1, 0.15) is 22.0 Å². The number of aromatic hydroxyl groups is 1. The number of hydrogen-bond acceptors (Lipinski definition) is 17. The molecular weight excluding hydrogens is 791 g/mol. The first kappa shape index (κ1) is 40.6. The van der Waals surface area contributed by atoms with E-state index in [0.717, 1.165) is 6.07 Å². The van der Waals surface area contributed by atoms with Gasteiger partial charge in [0.15, 0.2) is 16.8 Å². The lowest BCUT2D eigenvalue weighted by Crippen LogP contribution is -2.12. The number of benzene rings is 5. The molecule has 0 saturated heterocycles. The number of fused-ring (bicyclic) bond motifs is 2. The van der Waals surface area contributed by atoms with Gasteiger partial charge in [0.25, 0.3) is 16.0 Å². The lowest BCUT2D eigenvalue weighted by molar-refractivity contribution is -0.432. The summed E-state index contributed by atoms with van der Waals surface area (Å²) in [4.78, 5) is 24.2. The van der Waals surface area contributed by atoms with Gasteiger partial charge in [0, 0.05) is 33.3 Å². The van der Waals surface area contributed by atoms with E-state index in [-0.39, 0.29) is 59.5 Å². The number of anilines is 1. The molecule has 0 spiro atoms. The van der Waals surface area contributed by atoms with Crippen LogP contribution < -0.4 is 5.32 Å². The number of nitrogens with one attached hydrogen (secondary N) is 1. The van der Waals surface area contributed by atoms with Crippen molar-refractivity contribution in [1.82, 2.24) is 0 Å². The zero-order chi connectivity index (χ0) is 36.7. The van der Waals surface area contributed by atoms with Crippen LogP contribution in [-0.2, 0) is 43.9 Å². The molecule has 8 N–H and O–H groups in total. The average Bonchev–Trinajstić information content (AvgIpc) is 3.11. The number of nitrogens with zero attached hydrogens (tertiary/aromatic N) is 2. The number of amides is 1. The van der Waals surface area contributed by atoms with E-state index in [9.17, 15) is 36.4 Å². The summed E-state index contributed by atoms with van der Waals surface area (Å²) in [6, 6.07) is 18.5. The second-order valence-electron chi connectivity index (χ2n) is 9.78. The van der Waals surface area contributed by atoms with E-state index < -0.39 is 49.4 Å². The van der Waals surface area contributed by atoms with Crippen molar-refractivity contribution in [3.63, 3.8) is 0 Å². The van der Waals surface area contributed by atoms with Gasteiger partial charge in [-0.25, -0.2) is 14.7 Å². The summed E-state index contributed by atoms with van der Waals surface area (Å²) in [6.07, 6.45) is 0. The first-order chi connectivity index (χ1) is 24.4. The molecule has 5 aromatic rings. The summed E-state index contributed by atoms with van der Waals surface area (Å²) in [6.45, 7) is 0. The van der Waals surface area contributed by atoms with Crippen molar-refractivity contribution in [1.29, 1.82) is 0 Å². The quantitative estimate of drug-likeness (QED) is 0.0174. The summed E-state index contributed by atoms with van der Waals surface area (Å²) < 4.78 is 70.6. The fourth-order valence-corrected chi connectivity index (χ4v) is 7.23. The van der Waals surface area contributed by atoms with Gasteiger partial charge in [0.05, 0.1) is 39.6 Å². The highest BCUT2D eigenvalue weighted by atomic mass is 32.2. The van der Waals surface area contributed by atoms with Crippen molar-refractivity contribution in [2.75, 3.05) is 11.1 Å². The predicted octanol–water partition coefficient (Wildman–Crippen LogP) is 6.49. The van der Waals surface area contributed by atoms with Crippen LogP contribution in [0.4, 0.5) is 17.1 Å². The van der Waals surface area contributed by atoms with Crippen LogP contribution in [0.1, 0.15) is 10.4 Å². The Labute approximate surface area is 307 Å². The minimum atomic E-state index is -4.97. The van der Waals surface area contributed by atoms with Gasteiger partial charge < -0.3 is 24.6 Å². The molecule has 0 aromatic heterocycles. The van der Waals surface area contributed by atoms with Crippen molar-refractivity contribution in [2.45, 2.75) is 19.6 Å². The molecule has 274 valence electrons. The monoisotopic (exact) mass is 813 g/mol. The molecule has 0 aliphatic rings. The van der Waals surface area contributed by atoms with E-state index >= 15 is 0 Å². The lowest BCUT2D eigenvalue weighted by atomic mass is 10.1. The average molecular weight is 814 g/mol. The van der Waals surface area contributed by atoms with Gasteiger partial charge in [-0.1, -0.05) is 35.4 Å². The Morgan fingerprint density at radius 1 is 0.923 bits per heavy atom. The molecule has 52 heavy (non-hydrogen) atoms. The zero-order valence-corrected chi connectivity index (χ0v) is 29.6. The Morgan fingerprint density at radius 3 is 2.35 bits per heavy atom. The van der Waals surface area contributed by atoms with Gasteiger partial charge in [0.2, 0.25) is 0 Å². The molecule has 0 aliphatic heterocycles. The first-order valence-corrected chi connectivity index (χ1v) is 18.6. The van der Waals surface area contributed by atoms with Gasteiger partial charge in [-0.3, -0.25) is 14.1 Å². The molecule has 1 atom stereocenters. The van der Waals surface area contributed by atoms with E-state index in [0.29, 0.717) is 41.0 Å². The third-order valence-corrected chi connectivity index (χ3v) is 10.0. The van der Waals surface area contributed by atoms with E-state index in [1.807, 2.05) is 0 Å². The molecule has 5 rings (SSSR count). The summed E-state index contributed by atoms with van der Waals surface area (Å²) in [7, 11) is -4.97. The van der Waals surface area contributed by atoms with E-state index in [2.05, 4.69) is 29.3 Å². The van der Waals surface area contributed by atoms with Gasteiger partial charge >= 0.3 is 5.97 Å². The number of phenolic OH excluding ortho intramolecular Hbond substituents is 1. The smallest absolute Gasteiger partial charge is 0.330 e. The number of carbonyl (C=O) groups is 2. The number of carbonyl (C=O) groups excluding carboxylic acids is 2. The standard InChI is InChI=1S/C29H21N3O14S5.H2O/c33-24(14-47-45-37)43-48-18-7-8-20-16(10-18)6-9-21(28(20)51(40,41)42)31-32-26-23(49-46-44-36)12-17-11-19(50(38)39)13-22(25(17)27(26)34)30-29(35)15-4-2-1-3-5-15;/h1-13,34,36-37H,14H2,(H,30,35)(H,38,39)(H,40,41,42);1H2. The summed E-state index contributed by atoms with van der Waals surface area (Å²) in [5.41, 5.74) is -0.643. The Bertz CT molecular complexity index is 2290. The predicted molar refractivity (Wildman–Crippen MR) is 189 cm³/mol. The maximum atomic E-state index is 13.1. The number of azo groups is 1. The summed E-state index contributed by atoms with van der Waals surface area (Å²) in [5, 5.41) is 43.3. The molecule has 18 nitrogen and oxygen atoms in total. The minimum absolute atomic E-state index is 0. The number of rotatable bonds is 14. The second kappa shape index (κ2) is 18.0. The van der Waals surface area contributed by atoms with Crippen molar-refractivity contribution in [3.8, 4) is 5.75 Å². The van der Waals surface area contributed by atoms with Crippen LogP contribution >= 0.6 is 36.1 Å². The summed E-state index contributed by atoms with van der Waals surface area (Å²) >= 11 is -1.10. The fourth-order valence-electron chi connectivity index (χ4n) is 4.62. The molecule has 1 amide bonds. The minimum Gasteiger partial charge on any atom is -0.505 e. The third kappa shape index (κ3) is 9.61. The Kier molecular flexibility index (Phi) is 14.1. The van der Waals surface area contributed by atoms with Crippen LogP contribution in [0.2, 0.25) is 0 Å². The molecule has 0 heterocycles. The largest absolute Gasteiger partial charge is 0.505 e. The molecule has 0 radical (unpaired) electrons. The van der Waals surface area contributed by atoms with Gasteiger partial charge in [-0.05, 0) is 59.3 Å². The highest BCUT2D eigenvalue weighted by Crippen LogP contribution is 2.47. The summed E-state index contributed by atoms with van der Waals surface area (Å²) in [5.74, 6) is -2.32. The fraction of sp³-hybridized carbons (Fsp3) is 0.0345. The Morgan fingerprint density at radius 2 is 1.67 bits per heavy atom. The van der Waals surface area contributed by atoms with Gasteiger partial charge in [-0.2, -0.15) is 12.8 Å². The molecular formula is C29H23N3O15S5. The van der Waals surface area contributed by atoms with Crippen LogP contribution in [-0.4, -0.2) is 60.5 Å². The lowest BCUT2D eigenvalue weighted by Gasteiger charge is -2.15. The number of phenols is 1. The topological polar surface area (TPSA) is 292 Å². The third-order valence-electron chi connectivity index (χ3n) is 6.66. The SMILES string of the molecule is O.O=C(CSOO)OSc1ccc2c(S(=O)(=O)O)c(N=Nc3c(SOOO)cc4cc(S(=O)O)cc(NC(=O)c5ccccc5)c4c3O)ccc2c1. The molecule has 0 aliphatic carbocycles. The van der Waals surface area contributed by atoms with Gasteiger partial charge in [-0.15, -0.1) is 14.6 Å². The highest BCUT2D eigenvalue weighted by molar-refractivity contribution is 7.96. The van der Waals surface area contributed by atoms with Crippen molar-refractivity contribution >= 4 is 108 Å². The van der Waals surface area contributed by atoms with Crippen LogP contribution in [0.15, 0.2) is 109 Å². The Hall–Kier alpha value is -4.21. The van der Waals surface area contributed by atoms with E-state index in [4.69, 9.17) is 14.7 Å². The second-order valence-corrected chi connectivity index (χ2v) is 14.3. The molecule has 23 heteroatoms. The molecule has 0 fully saturated rings. The zero-order valence-electron chi connectivity index (χ0n) is 25.6. The van der Waals surface area contributed by atoms with Crippen LogP contribution in [0.5, 0.6) is 5.75 Å². The normalized spacial score (nSPS) is 12.2. The van der Waals surface area contributed by atoms with Crippen molar-refractivity contribution in [3.05, 3.63) is 84.4 Å². The van der Waals surface area contributed by atoms with Crippen LogP contribution in [0.3, 0.4) is 0 Å². The first-order valence-electron chi connectivity index (χ1n) is 13.6. The highest BCUT2D eigenvalue weighted by Gasteiger charge is 2.23.